The number of methoxy groups -OCH3 is 1. The van der Waals surface area contributed by atoms with Gasteiger partial charge in [-0.2, -0.15) is 0 Å². The van der Waals surface area contributed by atoms with E-state index in [9.17, 15) is 4.79 Å². The summed E-state index contributed by atoms with van der Waals surface area (Å²) in [5, 5.41) is 5.10. The molecule has 1 aliphatic rings. The molecule has 25 heavy (non-hydrogen) atoms. The van der Waals surface area contributed by atoms with Crippen molar-refractivity contribution in [3.05, 3.63) is 46.7 Å². The summed E-state index contributed by atoms with van der Waals surface area (Å²) < 4.78 is 10.8. The molecular formula is C19H24N2O3S. The average molecular weight is 360 g/mol. The zero-order chi connectivity index (χ0) is 17.5. The number of benzene rings is 1. The fraction of sp³-hybridized carbons (Fsp3) is 0.421. The summed E-state index contributed by atoms with van der Waals surface area (Å²) in [5.74, 6) is 1.09. The number of amides is 1. The molecule has 1 aliphatic heterocycles. The molecule has 2 heterocycles. The monoisotopic (exact) mass is 360 g/mol. The number of ether oxygens (including phenoxy) is 2. The first-order valence-corrected chi connectivity index (χ1v) is 9.46. The fourth-order valence-corrected chi connectivity index (χ4v) is 3.95. The molecule has 0 saturated carbocycles. The number of para-hydroxylation sites is 2. The number of rotatable bonds is 8. The number of hydrogen-bond acceptors (Lipinski definition) is 5. The van der Waals surface area contributed by atoms with Gasteiger partial charge in [-0.1, -0.05) is 18.2 Å². The lowest BCUT2D eigenvalue weighted by molar-refractivity contribution is -0.123. The van der Waals surface area contributed by atoms with E-state index in [0.717, 1.165) is 13.1 Å². The van der Waals surface area contributed by atoms with Crippen LogP contribution in [0.4, 0.5) is 0 Å². The smallest absolute Gasteiger partial charge is 0.258 e. The van der Waals surface area contributed by atoms with E-state index >= 15 is 0 Å². The van der Waals surface area contributed by atoms with Crippen LogP contribution in [0.2, 0.25) is 0 Å². The van der Waals surface area contributed by atoms with Crippen LogP contribution in [0.5, 0.6) is 11.5 Å². The lowest BCUT2D eigenvalue weighted by Crippen LogP contribution is -2.38. The molecule has 3 rings (SSSR count). The number of thiophene rings is 1. The van der Waals surface area contributed by atoms with Crippen LogP contribution in [0.25, 0.3) is 0 Å². The van der Waals surface area contributed by atoms with Gasteiger partial charge in [-0.3, -0.25) is 9.69 Å². The molecule has 0 unspecified atom stereocenters. The van der Waals surface area contributed by atoms with Crippen molar-refractivity contribution in [2.24, 2.45) is 0 Å². The van der Waals surface area contributed by atoms with Crippen LogP contribution in [-0.4, -0.2) is 44.2 Å². The molecular weight excluding hydrogens is 336 g/mol. The Balaban J connectivity index is 1.53. The summed E-state index contributed by atoms with van der Waals surface area (Å²) in [6, 6.07) is 11.8. The SMILES string of the molecule is COc1ccccc1OCC(=O)NC[C@@H](c1cccs1)N1CCCC1. The molecule has 1 fully saturated rings. The molecule has 6 heteroatoms. The van der Waals surface area contributed by atoms with Gasteiger partial charge in [-0.25, -0.2) is 0 Å². The second kappa shape index (κ2) is 8.87. The highest BCUT2D eigenvalue weighted by molar-refractivity contribution is 7.10. The molecule has 1 N–H and O–H groups in total. The Bertz CT molecular complexity index is 669. The number of nitrogens with one attached hydrogen (secondary N) is 1. The van der Waals surface area contributed by atoms with Crippen LogP contribution in [0.1, 0.15) is 23.8 Å². The largest absolute Gasteiger partial charge is 0.493 e. The van der Waals surface area contributed by atoms with Crippen molar-refractivity contribution < 1.29 is 14.3 Å². The number of likely N-dealkylation sites (tertiary alicyclic amines) is 1. The highest BCUT2D eigenvalue weighted by Gasteiger charge is 2.24. The Kier molecular flexibility index (Phi) is 6.30. The Hall–Kier alpha value is -2.05. The van der Waals surface area contributed by atoms with E-state index in [2.05, 4.69) is 27.7 Å². The van der Waals surface area contributed by atoms with Crippen LogP contribution in [0.15, 0.2) is 41.8 Å². The van der Waals surface area contributed by atoms with Gasteiger partial charge in [-0.15, -0.1) is 11.3 Å². The standard InChI is InChI=1S/C19H24N2O3S/c1-23-16-7-2-3-8-17(16)24-14-19(22)20-13-15(18-9-6-12-25-18)21-10-4-5-11-21/h2-3,6-9,12,15H,4-5,10-11,13-14H2,1H3,(H,20,22)/t15-/m0/s1. The minimum atomic E-state index is -0.119. The maximum absolute atomic E-state index is 12.2. The van der Waals surface area contributed by atoms with Crippen LogP contribution in [0, 0.1) is 0 Å². The van der Waals surface area contributed by atoms with Crippen molar-refractivity contribution in [1.82, 2.24) is 10.2 Å². The minimum Gasteiger partial charge on any atom is -0.493 e. The lowest BCUT2D eigenvalue weighted by Gasteiger charge is -2.26. The highest BCUT2D eigenvalue weighted by atomic mass is 32.1. The second-order valence-corrected chi connectivity index (χ2v) is 7.00. The zero-order valence-electron chi connectivity index (χ0n) is 14.4. The number of carbonyl (C=O) groups excluding carboxylic acids is 1. The third-order valence-corrected chi connectivity index (χ3v) is 5.35. The molecule has 1 saturated heterocycles. The molecule has 0 spiro atoms. The third-order valence-electron chi connectivity index (χ3n) is 4.37. The number of hydrogen-bond donors (Lipinski definition) is 1. The summed E-state index contributed by atoms with van der Waals surface area (Å²) >= 11 is 1.74. The molecule has 1 amide bonds. The van der Waals surface area contributed by atoms with Crippen molar-refractivity contribution >= 4 is 17.2 Å². The van der Waals surface area contributed by atoms with Gasteiger partial charge in [0.1, 0.15) is 0 Å². The first-order valence-electron chi connectivity index (χ1n) is 8.58. The van der Waals surface area contributed by atoms with E-state index in [0.29, 0.717) is 18.0 Å². The summed E-state index contributed by atoms with van der Waals surface area (Å²) in [6.07, 6.45) is 2.46. The number of carbonyl (C=O) groups is 1. The summed E-state index contributed by atoms with van der Waals surface area (Å²) in [5.41, 5.74) is 0. The lowest BCUT2D eigenvalue weighted by atomic mass is 10.2. The van der Waals surface area contributed by atoms with Gasteiger partial charge in [0.15, 0.2) is 18.1 Å². The maximum atomic E-state index is 12.2. The van der Waals surface area contributed by atoms with Gasteiger partial charge >= 0.3 is 0 Å². The molecule has 2 aromatic rings. The van der Waals surface area contributed by atoms with Crippen molar-refractivity contribution in [3.63, 3.8) is 0 Å². The van der Waals surface area contributed by atoms with E-state index in [1.54, 1.807) is 24.5 Å². The Morgan fingerprint density at radius 2 is 1.96 bits per heavy atom. The zero-order valence-corrected chi connectivity index (χ0v) is 15.3. The van der Waals surface area contributed by atoms with E-state index in [1.165, 1.54) is 17.7 Å². The molecule has 1 atom stereocenters. The van der Waals surface area contributed by atoms with E-state index in [4.69, 9.17) is 9.47 Å². The first-order chi connectivity index (χ1) is 12.3. The maximum Gasteiger partial charge on any atom is 0.258 e. The summed E-state index contributed by atoms with van der Waals surface area (Å²) in [4.78, 5) is 16.0. The van der Waals surface area contributed by atoms with Crippen molar-refractivity contribution in [2.75, 3.05) is 33.4 Å². The highest BCUT2D eigenvalue weighted by Crippen LogP contribution is 2.28. The van der Waals surface area contributed by atoms with E-state index < -0.39 is 0 Å². The Morgan fingerprint density at radius 3 is 2.64 bits per heavy atom. The van der Waals surface area contributed by atoms with Crippen LogP contribution in [-0.2, 0) is 4.79 Å². The Labute approximate surface area is 152 Å². The molecule has 0 bridgehead atoms. The van der Waals surface area contributed by atoms with Crippen molar-refractivity contribution in [1.29, 1.82) is 0 Å². The fourth-order valence-electron chi connectivity index (χ4n) is 3.09. The van der Waals surface area contributed by atoms with E-state index in [-0.39, 0.29) is 18.6 Å². The predicted octanol–water partition coefficient (Wildman–Crippen LogP) is 3.09. The van der Waals surface area contributed by atoms with Gasteiger partial charge < -0.3 is 14.8 Å². The van der Waals surface area contributed by atoms with Gasteiger partial charge in [0.25, 0.3) is 5.91 Å². The van der Waals surface area contributed by atoms with Crippen molar-refractivity contribution in [2.45, 2.75) is 18.9 Å². The molecule has 1 aromatic carbocycles. The van der Waals surface area contributed by atoms with Crippen LogP contribution < -0.4 is 14.8 Å². The number of nitrogens with zero attached hydrogens (tertiary/aromatic N) is 1. The second-order valence-electron chi connectivity index (χ2n) is 6.02. The summed E-state index contributed by atoms with van der Waals surface area (Å²) in [6.45, 7) is 2.78. The van der Waals surface area contributed by atoms with Crippen LogP contribution in [0.3, 0.4) is 0 Å². The third kappa shape index (κ3) is 4.74. The van der Waals surface area contributed by atoms with Gasteiger partial charge in [-0.05, 0) is 49.5 Å². The normalized spacial score (nSPS) is 15.7. The van der Waals surface area contributed by atoms with Gasteiger partial charge in [0, 0.05) is 11.4 Å². The van der Waals surface area contributed by atoms with Crippen molar-refractivity contribution in [3.8, 4) is 11.5 Å². The predicted molar refractivity (Wildman–Crippen MR) is 99.4 cm³/mol. The Morgan fingerprint density at radius 1 is 1.20 bits per heavy atom. The topological polar surface area (TPSA) is 50.8 Å². The molecule has 0 aliphatic carbocycles. The van der Waals surface area contributed by atoms with Crippen LogP contribution >= 0.6 is 11.3 Å². The van der Waals surface area contributed by atoms with Gasteiger partial charge in [0.05, 0.1) is 13.2 Å². The molecule has 5 nitrogen and oxygen atoms in total. The molecule has 0 radical (unpaired) electrons. The molecule has 1 aromatic heterocycles. The summed E-state index contributed by atoms with van der Waals surface area (Å²) in [7, 11) is 1.59. The van der Waals surface area contributed by atoms with E-state index in [1.807, 2.05) is 18.2 Å². The first kappa shape index (κ1) is 17.8. The molecule has 134 valence electrons. The quantitative estimate of drug-likeness (QED) is 0.786. The van der Waals surface area contributed by atoms with Gasteiger partial charge in [0.2, 0.25) is 0 Å². The minimum absolute atomic E-state index is 0.0163. The average Bonchev–Trinajstić information content (AvgIpc) is 3.35.